The molecule has 0 fully saturated rings. The molecule has 0 unspecified atom stereocenters. The normalized spacial score (nSPS) is 9.50. The Bertz CT molecular complexity index is 201. The van der Waals surface area contributed by atoms with Gasteiger partial charge in [-0.15, -0.1) is 12.6 Å². The summed E-state index contributed by atoms with van der Waals surface area (Å²) in [6, 6.07) is 9.79. The molecule has 14 heavy (non-hydrogen) atoms. The molecule has 0 aliphatic heterocycles. The second kappa shape index (κ2) is 9.10. The number of benzene rings is 1. The number of hydrogen-bond donors (Lipinski definition) is 1. The van der Waals surface area contributed by atoms with E-state index in [4.69, 9.17) is 0 Å². The van der Waals surface area contributed by atoms with Crippen molar-refractivity contribution in [3.63, 3.8) is 0 Å². The first-order valence-electron chi connectivity index (χ1n) is 5.20. The average molecular weight is 211 g/mol. The lowest BCUT2D eigenvalue weighted by Crippen LogP contribution is -2.21. The van der Waals surface area contributed by atoms with Crippen LogP contribution in [0.2, 0.25) is 0 Å². The minimum atomic E-state index is 1.02. The van der Waals surface area contributed by atoms with Gasteiger partial charge >= 0.3 is 0 Å². The van der Waals surface area contributed by atoms with Crippen LogP contribution in [0.25, 0.3) is 0 Å². The minimum Gasteiger partial charge on any atom is -0.304 e. The maximum absolute atomic E-state index is 4.08. The first kappa shape index (κ1) is 13.5. The second-order valence-electron chi connectivity index (χ2n) is 2.96. The van der Waals surface area contributed by atoms with Crippen LogP contribution in [0.15, 0.2) is 35.2 Å². The molecule has 0 bridgehead atoms. The van der Waals surface area contributed by atoms with Crippen molar-refractivity contribution < 1.29 is 0 Å². The summed E-state index contributed by atoms with van der Waals surface area (Å²) in [6.07, 6.45) is 0. The molecular formula is C12H21NS. The Morgan fingerprint density at radius 3 is 1.50 bits per heavy atom. The van der Waals surface area contributed by atoms with Gasteiger partial charge in [-0.25, -0.2) is 0 Å². The zero-order valence-electron chi connectivity index (χ0n) is 9.40. The molecular weight excluding hydrogens is 190 g/mol. The third-order valence-corrected chi connectivity index (χ3v) is 2.40. The first-order valence-corrected chi connectivity index (χ1v) is 5.65. The predicted molar refractivity (Wildman–Crippen MR) is 67.2 cm³/mol. The highest BCUT2D eigenvalue weighted by Crippen LogP contribution is 2.00. The lowest BCUT2D eigenvalue weighted by atomic mass is 10.4. The SMILES string of the molecule is CCN(CC)CC.Sc1ccccc1. The van der Waals surface area contributed by atoms with Crippen LogP contribution in [0.3, 0.4) is 0 Å². The second-order valence-corrected chi connectivity index (χ2v) is 3.47. The highest BCUT2D eigenvalue weighted by Gasteiger charge is 1.89. The molecule has 0 aromatic heterocycles. The summed E-state index contributed by atoms with van der Waals surface area (Å²) in [5.74, 6) is 0. The predicted octanol–water partition coefficient (Wildman–Crippen LogP) is 3.32. The van der Waals surface area contributed by atoms with E-state index in [0.29, 0.717) is 0 Å². The Hall–Kier alpha value is -0.470. The maximum atomic E-state index is 4.08. The molecule has 0 saturated heterocycles. The Morgan fingerprint density at radius 1 is 0.929 bits per heavy atom. The number of thiol groups is 1. The van der Waals surface area contributed by atoms with Crippen molar-refractivity contribution in [2.45, 2.75) is 25.7 Å². The van der Waals surface area contributed by atoms with E-state index in [2.05, 4.69) is 38.3 Å². The molecule has 1 aromatic rings. The summed E-state index contributed by atoms with van der Waals surface area (Å²) in [7, 11) is 0. The van der Waals surface area contributed by atoms with Crippen molar-refractivity contribution >= 4 is 12.6 Å². The topological polar surface area (TPSA) is 3.24 Å². The minimum absolute atomic E-state index is 1.02. The molecule has 2 heteroatoms. The van der Waals surface area contributed by atoms with E-state index in [1.54, 1.807) is 0 Å². The van der Waals surface area contributed by atoms with Gasteiger partial charge in [0.1, 0.15) is 0 Å². The highest BCUT2D eigenvalue weighted by atomic mass is 32.1. The maximum Gasteiger partial charge on any atom is 0.00399 e. The van der Waals surface area contributed by atoms with Gasteiger partial charge in [-0.05, 0) is 31.8 Å². The molecule has 80 valence electrons. The lowest BCUT2D eigenvalue weighted by molar-refractivity contribution is 0.321. The van der Waals surface area contributed by atoms with E-state index in [-0.39, 0.29) is 0 Å². The van der Waals surface area contributed by atoms with Crippen LogP contribution in [-0.2, 0) is 0 Å². The zero-order valence-corrected chi connectivity index (χ0v) is 10.3. The van der Waals surface area contributed by atoms with Crippen molar-refractivity contribution in [1.29, 1.82) is 0 Å². The molecule has 0 heterocycles. The fraction of sp³-hybridized carbons (Fsp3) is 0.500. The van der Waals surface area contributed by atoms with Crippen LogP contribution in [0.1, 0.15) is 20.8 Å². The third kappa shape index (κ3) is 6.98. The van der Waals surface area contributed by atoms with Crippen LogP contribution in [0.5, 0.6) is 0 Å². The molecule has 1 rings (SSSR count). The van der Waals surface area contributed by atoms with Crippen molar-refractivity contribution in [3.8, 4) is 0 Å². The molecule has 0 spiro atoms. The first-order chi connectivity index (χ1) is 6.74. The number of hydrogen-bond acceptors (Lipinski definition) is 2. The Morgan fingerprint density at radius 2 is 1.36 bits per heavy atom. The highest BCUT2D eigenvalue weighted by molar-refractivity contribution is 7.80. The van der Waals surface area contributed by atoms with E-state index in [9.17, 15) is 0 Å². The summed E-state index contributed by atoms with van der Waals surface area (Å²) in [5.41, 5.74) is 0. The smallest absolute Gasteiger partial charge is 0.00399 e. The van der Waals surface area contributed by atoms with Crippen molar-refractivity contribution in [2.75, 3.05) is 19.6 Å². The third-order valence-electron chi connectivity index (χ3n) is 2.10. The van der Waals surface area contributed by atoms with E-state index >= 15 is 0 Å². The van der Waals surface area contributed by atoms with Gasteiger partial charge in [-0.2, -0.15) is 0 Å². The van der Waals surface area contributed by atoms with Gasteiger partial charge in [0.15, 0.2) is 0 Å². The molecule has 0 N–H and O–H groups in total. The van der Waals surface area contributed by atoms with Gasteiger partial charge in [-0.1, -0.05) is 39.0 Å². The average Bonchev–Trinajstić information content (AvgIpc) is 2.22. The standard InChI is InChI=1S/C6H15N.C6H6S/c1-4-7(5-2)6-3;7-6-4-2-1-3-5-6/h4-6H2,1-3H3;1-5,7H. The lowest BCUT2D eigenvalue weighted by Gasteiger charge is -2.13. The Kier molecular flexibility index (Phi) is 8.79. The van der Waals surface area contributed by atoms with Gasteiger partial charge < -0.3 is 4.90 Å². The van der Waals surface area contributed by atoms with Crippen LogP contribution in [0.4, 0.5) is 0 Å². The fourth-order valence-electron chi connectivity index (χ4n) is 1.10. The molecule has 0 saturated carbocycles. The molecule has 0 amide bonds. The Balaban J connectivity index is 0.000000241. The van der Waals surface area contributed by atoms with Crippen LogP contribution in [0, 0.1) is 0 Å². The summed E-state index contributed by atoms with van der Waals surface area (Å²) in [4.78, 5) is 3.39. The molecule has 0 atom stereocenters. The number of nitrogens with zero attached hydrogens (tertiary/aromatic N) is 1. The van der Waals surface area contributed by atoms with Crippen LogP contribution >= 0.6 is 12.6 Å². The summed E-state index contributed by atoms with van der Waals surface area (Å²) in [5, 5.41) is 0. The summed E-state index contributed by atoms with van der Waals surface area (Å²) < 4.78 is 0. The summed E-state index contributed by atoms with van der Waals surface area (Å²) in [6.45, 7) is 10.1. The molecule has 0 radical (unpaired) electrons. The van der Waals surface area contributed by atoms with Gasteiger partial charge in [0, 0.05) is 4.90 Å². The molecule has 1 aromatic carbocycles. The van der Waals surface area contributed by atoms with Gasteiger partial charge in [0.05, 0.1) is 0 Å². The van der Waals surface area contributed by atoms with Crippen LogP contribution < -0.4 is 0 Å². The van der Waals surface area contributed by atoms with Gasteiger partial charge in [0.2, 0.25) is 0 Å². The van der Waals surface area contributed by atoms with Crippen molar-refractivity contribution in [1.82, 2.24) is 4.90 Å². The quantitative estimate of drug-likeness (QED) is 0.751. The van der Waals surface area contributed by atoms with E-state index in [1.807, 2.05) is 30.3 Å². The Labute approximate surface area is 93.5 Å². The van der Waals surface area contributed by atoms with Crippen molar-refractivity contribution in [2.24, 2.45) is 0 Å². The van der Waals surface area contributed by atoms with E-state index in [1.165, 1.54) is 19.6 Å². The fourth-order valence-corrected chi connectivity index (χ4v) is 1.27. The van der Waals surface area contributed by atoms with Gasteiger partial charge in [-0.3, -0.25) is 0 Å². The van der Waals surface area contributed by atoms with Crippen molar-refractivity contribution in [3.05, 3.63) is 30.3 Å². The van der Waals surface area contributed by atoms with Crippen LogP contribution in [-0.4, -0.2) is 24.5 Å². The molecule has 1 nitrogen and oxygen atoms in total. The summed E-state index contributed by atoms with van der Waals surface area (Å²) >= 11 is 4.08. The molecule has 0 aliphatic rings. The largest absolute Gasteiger partial charge is 0.304 e. The number of rotatable bonds is 3. The van der Waals surface area contributed by atoms with E-state index < -0.39 is 0 Å². The van der Waals surface area contributed by atoms with Gasteiger partial charge in [0.25, 0.3) is 0 Å². The molecule has 0 aliphatic carbocycles. The zero-order chi connectivity index (χ0) is 10.8. The van der Waals surface area contributed by atoms with E-state index in [0.717, 1.165) is 4.90 Å². The monoisotopic (exact) mass is 211 g/mol.